The van der Waals surface area contributed by atoms with Gasteiger partial charge in [-0.2, -0.15) is 13.2 Å². The van der Waals surface area contributed by atoms with E-state index in [9.17, 15) is 13.2 Å². The average molecular weight is 322 g/mol. The minimum atomic E-state index is -4.41. The quantitative estimate of drug-likeness (QED) is 0.792. The molecule has 1 fully saturated rings. The number of aromatic nitrogens is 1. The first-order valence-electron chi connectivity index (χ1n) is 7.01. The third-order valence-electron chi connectivity index (χ3n) is 4.02. The van der Waals surface area contributed by atoms with Crippen LogP contribution in [0.15, 0.2) is 12.1 Å². The van der Waals surface area contributed by atoms with Crippen LogP contribution in [0.25, 0.3) is 0 Å². The molecule has 3 nitrogen and oxygen atoms in total. The number of rotatable bonds is 3. The summed E-state index contributed by atoms with van der Waals surface area (Å²) in [4.78, 5) is 8.18. The van der Waals surface area contributed by atoms with Crippen LogP contribution in [0.1, 0.15) is 25.3 Å². The predicted molar refractivity (Wildman–Crippen MR) is 77.8 cm³/mol. The molecular formula is C14H19ClF3N3. The molecule has 2 rings (SSSR count). The summed E-state index contributed by atoms with van der Waals surface area (Å²) < 4.78 is 38.5. The van der Waals surface area contributed by atoms with Gasteiger partial charge in [0.15, 0.2) is 0 Å². The minimum absolute atomic E-state index is 0.127. The summed E-state index contributed by atoms with van der Waals surface area (Å²) >= 11 is 5.74. The molecule has 0 aromatic carbocycles. The number of anilines is 1. The highest BCUT2D eigenvalue weighted by atomic mass is 35.5. The maximum absolute atomic E-state index is 12.8. The molecule has 1 aliphatic heterocycles. The van der Waals surface area contributed by atoms with E-state index in [1.165, 1.54) is 0 Å². The van der Waals surface area contributed by atoms with E-state index in [2.05, 4.69) is 16.8 Å². The van der Waals surface area contributed by atoms with Gasteiger partial charge in [-0.3, -0.25) is 0 Å². The van der Waals surface area contributed by atoms with Gasteiger partial charge in [0.2, 0.25) is 0 Å². The fraction of sp³-hybridized carbons (Fsp3) is 0.643. The predicted octanol–water partition coefficient (Wildman–Crippen LogP) is 3.67. The molecule has 1 saturated heterocycles. The van der Waals surface area contributed by atoms with E-state index in [0.29, 0.717) is 0 Å². The van der Waals surface area contributed by atoms with Crippen molar-refractivity contribution in [1.29, 1.82) is 0 Å². The Labute approximate surface area is 127 Å². The van der Waals surface area contributed by atoms with Crippen molar-refractivity contribution < 1.29 is 13.2 Å². The zero-order valence-corrected chi connectivity index (χ0v) is 12.9. The number of nitrogens with zero attached hydrogens (tertiary/aromatic N) is 3. The summed E-state index contributed by atoms with van der Waals surface area (Å²) in [6.07, 6.45) is -2.58. The molecule has 1 aromatic heterocycles. The van der Waals surface area contributed by atoms with Crippen LogP contribution in [-0.4, -0.2) is 42.6 Å². The lowest BCUT2D eigenvalue weighted by molar-refractivity contribution is -0.137. The summed E-state index contributed by atoms with van der Waals surface area (Å²) in [6, 6.07) is 2.12. The zero-order valence-electron chi connectivity index (χ0n) is 12.1. The number of alkyl halides is 3. The van der Waals surface area contributed by atoms with Crippen molar-refractivity contribution >= 4 is 17.4 Å². The molecule has 0 unspecified atom stereocenters. The van der Waals surface area contributed by atoms with Crippen molar-refractivity contribution in [2.24, 2.45) is 0 Å². The van der Waals surface area contributed by atoms with Crippen molar-refractivity contribution in [3.8, 4) is 0 Å². The molecule has 0 amide bonds. The van der Waals surface area contributed by atoms with Gasteiger partial charge < -0.3 is 9.80 Å². The van der Waals surface area contributed by atoms with Crippen LogP contribution in [0.5, 0.6) is 0 Å². The maximum Gasteiger partial charge on any atom is 0.416 e. The number of likely N-dealkylation sites (tertiary alicyclic amines) is 1. The van der Waals surface area contributed by atoms with E-state index >= 15 is 0 Å². The van der Waals surface area contributed by atoms with Crippen molar-refractivity contribution in [3.63, 3.8) is 0 Å². The molecular weight excluding hydrogens is 303 g/mol. The van der Waals surface area contributed by atoms with Gasteiger partial charge in [-0.15, -0.1) is 0 Å². The Morgan fingerprint density at radius 2 is 1.95 bits per heavy atom. The highest BCUT2D eigenvalue weighted by molar-refractivity contribution is 6.29. The van der Waals surface area contributed by atoms with E-state index in [-0.39, 0.29) is 17.0 Å². The lowest BCUT2D eigenvalue weighted by atomic mass is 10.0. The molecule has 7 heteroatoms. The van der Waals surface area contributed by atoms with Crippen molar-refractivity contribution in [1.82, 2.24) is 9.88 Å². The number of piperidine rings is 1. The van der Waals surface area contributed by atoms with Gasteiger partial charge in [0.1, 0.15) is 11.0 Å². The Balaban J connectivity index is 2.16. The Bertz CT molecular complexity index is 485. The van der Waals surface area contributed by atoms with Gasteiger partial charge >= 0.3 is 6.18 Å². The number of pyridine rings is 1. The van der Waals surface area contributed by atoms with Gasteiger partial charge in [0.05, 0.1) is 5.56 Å². The highest BCUT2D eigenvalue weighted by Gasteiger charge is 2.32. The Morgan fingerprint density at radius 3 is 2.48 bits per heavy atom. The van der Waals surface area contributed by atoms with Gasteiger partial charge in [-0.05, 0) is 31.5 Å². The molecule has 1 aromatic rings. The van der Waals surface area contributed by atoms with Crippen LogP contribution in [0.4, 0.5) is 19.0 Å². The molecule has 0 N–H and O–H groups in total. The maximum atomic E-state index is 12.8. The third kappa shape index (κ3) is 4.01. The molecule has 1 aliphatic rings. The molecule has 2 heterocycles. The van der Waals surface area contributed by atoms with Gasteiger partial charge in [0, 0.05) is 26.2 Å². The van der Waals surface area contributed by atoms with Crippen LogP contribution in [-0.2, 0) is 6.18 Å². The highest BCUT2D eigenvalue weighted by Crippen LogP contribution is 2.33. The summed E-state index contributed by atoms with van der Waals surface area (Å²) in [5, 5.41) is -0.127. The molecule has 21 heavy (non-hydrogen) atoms. The molecule has 0 spiro atoms. The molecule has 0 radical (unpaired) electrons. The zero-order chi connectivity index (χ0) is 15.6. The van der Waals surface area contributed by atoms with Crippen LogP contribution in [0.2, 0.25) is 5.15 Å². The van der Waals surface area contributed by atoms with E-state index in [4.69, 9.17) is 11.6 Å². The van der Waals surface area contributed by atoms with Crippen LogP contribution in [0.3, 0.4) is 0 Å². The Hall–Kier alpha value is -1.01. The number of hydrogen-bond donors (Lipinski definition) is 0. The monoisotopic (exact) mass is 321 g/mol. The van der Waals surface area contributed by atoms with E-state index in [1.54, 1.807) is 7.05 Å². The fourth-order valence-electron chi connectivity index (χ4n) is 2.64. The summed E-state index contributed by atoms with van der Waals surface area (Å²) in [6.45, 7) is 5.03. The van der Waals surface area contributed by atoms with Gasteiger partial charge in [-0.1, -0.05) is 18.5 Å². The Morgan fingerprint density at radius 1 is 1.33 bits per heavy atom. The van der Waals surface area contributed by atoms with Crippen LogP contribution < -0.4 is 4.90 Å². The lowest BCUT2D eigenvalue weighted by Crippen LogP contribution is -2.43. The summed E-state index contributed by atoms with van der Waals surface area (Å²) in [5.41, 5.74) is -0.754. The molecule has 0 bridgehead atoms. The summed E-state index contributed by atoms with van der Waals surface area (Å²) in [7, 11) is 1.78. The molecule has 118 valence electrons. The second-order valence-electron chi connectivity index (χ2n) is 5.31. The third-order valence-corrected chi connectivity index (χ3v) is 4.21. The van der Waals surface area contributed by atoms with E-state index in [1.807, 2.05) is 4.90 Å². The molecule has 0 atom stereocenters. The van der Waals surface area contributed by atoms with Crippen LogP contribution >= 0.6 is 11.6 Å². The van der Waals surface area contributed by atoms with Gasteiger partial charge in [0.25, 0.3) is 0 Å². The molecule has 0 aliphatic carbocycles. The first kappa shape index (κ1) is 16.4. The summed E-state index contributed by atoms with van der Waals surface area (Å²) in [5.74, 6) is 0.282. The smallest absolute Gasteiger partial charge is 0.357 e. The van der Waals surface area contributed by atoms with Crippen molar-refractivity contribution in [2.75, 3.05) is 31.6 Å². The first-order chi connectivity index (χ1) is 9.81. The normalized spacial score (nSPS) is 18.0. The number of hydrogen-bond acceptors (Lipinski definition) is 3. The largest absolute Gasteiger partial charge is 0.416 e. The van der Waals surface area contributed by atoms with Gasteiger partial charge in [-0.25, -0.2) is 4.98 Å². The Kier molecular flexibility index (Phi) is 4.99. The van der Waals surface area contributed by atoms with E-state index < -0.39 is 11.7 Å². The fourth-order valence-corrected chi connectivity index (χ4v) is 2.84. The minimum Gasteiger partial charge on any atom is -0.357 e. The van der Waals surface area contributed by atoms with Crippen molar-refractivity contribution in [3.05, 3.63) is 22.8 Å². The topological polar surface area (TPSA) is 19.4 Å². The molecule has 0 saturated carbocycles. The standard InChI is InChI=1S/C14H19ClF3N3/c1-3-21-6-4-11(5-7-21)20(2)13-9-10(14(16,17)18)8-12(15)19-13/h8-9,11H,3-7H2,1-2H3. The van der Waals surface area contributed by atoms with E-state index in [0.717, 1.165) is 44.6 Å². The lowest BCUT2D eigenvalue weighted by Gasteiger charge is -2.37. The average Bonchev–Trinajstić information content (AvgIpc) is 2.45. The first-order valence-corrected chi connectivity index (χ1v) is 7.39. The SMILES string of the molecule is CCN1CCC(N(C)c2cc(C(F)(F)F)cc(Cl)n2)CC1. The van der Waals surface area contributed by atoms with Crippen molar-refractivity contribution in [2.45, 2.75) is 32.0 Å². The second-order valence-corrected chi connectivity index (χ2v) is 5.70. The number of halogens is 4. The van der Waals surface area contributed by atoms with Crippen LogP contribution in [0, 0.1) is 0 Å². The second kappa shape index (κ2) is 6.40.